The van der Waals surface area contributed by atoms with Gasteiger partial charge in [0.25, 0.3) is 0 Å². The molecule has 1 fully saturated rings. The summed E-state index contributed by atoms with van der Waals surface area (Å²) >= 11 is 0. The van der Waals surface area contributed by atoms with Crippen LogP contribution in [0.3, 0.4) is 0 Å². The van der Waals surface area contributed by atoms with E-state index < -0.39 is 0 Å². The third-order valence-corrected chi connectivity index (χ3v) is 1.45. The standard InChI is InChI=1S/C7H12N2O/c1-2-3-6-4-5-10-7(6)9-8/h3H,2,4-5,8H2,1H3/b6-3-,9-7+. The molecular formula is C7H12N2O. The lowest BCUT2D eigenvalue weighted by Crippen LogP contribution is -2.00. The minimum Gasteiger partial charge on any atom is -0.476 e. The molecular weight excluding hydrogens is 128 g/mol. The third kappa shape index (κ3) is 1.29. The van der Waals surface area contributed by atoms with Gasteiger partial charge in [-0.05, 0) is 6.42 Å². The van der Waals surface area contributed by atoms with Crippen molar-refractivity contribution in [2.75, 3.05) is 6.61 Å². The van der Waals surface area contributed by atoms with Gasteiger partial charge in [0.2, 0.25) is 5.90 Å². The minimum absolute atomic E-state index is 0.613. The van der Waals surface area contributed by atoms with Crippen LogP contribution in [0.4, 0.5) is 0 Å². The fourth-order valence-corrected chi connectivity index (χ4v) is 1.01. The van der Waals surface area contributed by atoms with E-state index in [2.05, 4.69) is 18.1 Å². The summed E-state index contributed by atoms with van der Waals surface area (Å²) < 4.78 is 5.12. The first-order chi connectivity index (χ1) is 4.88. The maximum absolute atomic E-state index is 5.12. The number of nitrogens with zero attached hydrogens (tertiary/aromatic N) is 1. The van der Waals surface area contributed by atoms with Gasteiger partial charge in [-0.25, -0.2) is 0 Å². The van der Waals surface area contributed by atoms with E-state index in [1.54, 1.807) is 0 Å². The van der Waals surface area contributed by atoms with E-state index in [0.717, 1.165) is 25.0 Å². The zero-order valence-electron chi connectivity index (χ0n) is 6.13. The van der Waals surface area contributed by atoms with Gasteiger partial charge in [0.05, 0.1) is 6.61 Å². The lowest BCUT2D eigenvalue weighted by atomic mass is 10.2. The predicted molar refractivity (Wildman–Crippen MR) is 40.6 cm³/mol. The molecule has 1 rings (SSSR count). The van der Waals surface area contributed by atoms with Crippen molar-refractivity contribution in [3.63, 3.8) is 0 Å². The Morgan fingerprint density at radius 1 is 1.80 bits per heavy atom. The van der Waals surface area contributed by atoms with E-state index in [0.29, 0.717) is 5.90 Å². The fraction of sp³-hybridized carbons (Fsp3) is 0.571. The average Bonchev–Trinajstić information content (AvgIpc) is 2.36. The van der Waals surface area contributed by atoms with Gasteiger partial charge in [0.15, 0.2) is 0 Å². The van der Waals surface area contributed by atoms with Crippen LogP contribution in [-0.2, 0) is 4.74 Å². The van der Waals surface area contributed by atoms with Crippen LogP contribution >= 0.6 is 0 Å². The van der Waals surface area contributed by atoms with Crippen molar-refractivity contribution >= 4 is 5.90 Å². The molecule has 0 radical (unpaired) electrons. The summed E-state index contributed by atoms with van der Waals surface area (Å²) in [7, 11) is 0. The van der Waals surface area contributed by atoms with Crippen LogP contribution in [0.1, 0.15) is 19.8 Å². The number of rotatable bonds is 1. The maximum atomic E-state index is 5.12. The van der Waals surface area contributed by atoms with Crippen molar-refractivity contribution in [1.29, 1.82) is 0 Å². The number of hydrazone groups is 1. The molecule has 0 aliphatic carbocycles. The van der Waals surface area contributed by atoms with E-state index in [4.69, 9.17) is 10.6 Å². The highest BCUT2D eigenvalue weighted by Crippen LogP contribution is 2.14. The summed E-state index contributed by atoms with van der Waals surface area (Å²) in [6, 6.07) is 0. The van der Waals surface area contributed by atoms with Gasteiger partial charge in [-0.3, -0.25) is 0 Å². The molecule has 0 aromatic heterocycles. The van der Waals surface area contributed by atoms with Crippen LogP contribution in [0.15, 0.2) is 16.8 Å². The Morgan fingerprint density at radius 3 is 3.20 bits per heavy atom. The molecule has 2 N–H and O–H groups in total. The van der Waals surface area contributed by atoms with Crippen molar-refractivity contribution < 1.29 is 4.74 Å². The predicted octanol–water partition coefficient (Wildman–Crippen LogP) is 1.02. The van der Waals surface area contributed by atoms with Crippen molar-refractivity contribution in [2.45, 2.75) is 19.8 Å². The normalized spacial score (nSPS) is 25.7. The topological polar surface area (TPSA) is 47.6 Å². The van der Waals surface area contributed by atoms with Gasteiger partial charge in [-0.2, -0.15) is 0 Å². The molecule has 0 unspecified atom stereocenters. The lowest BCUT2D eigenvalue weighted by molar-refractivity contribution is 0.342. The number of hydrogen-bond donors (Lipinski definition) is 1. The van der Waals surface area contributed by atoms with Crippen molar-refractivity contribution in [3.8, 4) is 0 Å². The molecule has 1 aliphatic rings. The third-order valence-electron chi connectivity index (χ3n) is 1.45. The Balaban J connectivity index is 2.68. The molecule has 1 saturated heterocycles. The summed E-state index contributed by atoms with van der Waals surface area (Å²) in [6.45, 7) is 2.81. The second kappa shape index (κ2) is 3.25. The second-order valence-corrected chi connectivity index (χ2v) is 2.17. The molecule has 0 spiro atoms. The van der Waals surface area contributed by atoms with Gasteiger partial charge >= 0.3 is 0 Å². The zero-order chi connectivity index (χ0) is 7.40. The summed E-state index contributed by atoms with van der Waals surface area (Å²) in [6.07, 6.45) is 4.06. The first kappa shape index (κ1) is 7.12. The molecule has 0 saturated carbocycles. The quantitative estimate of drug-likeness (QED) is 0.436. The Bertz CT molecular complexity index is 172. The van der Waals surface area contributed by atoms with E-state index in [-0.39, 0.29) is 0 Å². The molecule has 56 valence electrons. The van der Waals surface area contributed by atoms with E-state index >= 15 is 0 Å². The summed E-state index contributed by atoms with van der Waals surface area (Å²) in [5, 5.41) is 3.51. The molecule has 0 aromatic carbocycles. The second-order valence-electron chi connectivity index (χ2n) is 2.17. The highest BCUT2D eigenvalue weighted by Gasteiger charge is 2.14. The monoisotopic (exact) mass is 140 g/mol. The van der Waals surface area contributed by atoms with E-state index in [9.17, 15) is 0 Å². The van der Waals surface area contributed by atoms with E-state index in [1.165, 1.54) is 0 Å². The first-order valence-electron chi connectivity index (χ1n) is 3.48. The minimum atomic E-state index is 0.613. The maximum Gasteiger partial charge on any atom is 0.233 e. The van der Waals surface area contributed by atoms with Gasteiger partial charge in [0, 0.05) is 12.0 Å². The molecule has 3 nitrogen and oxygen atoms in total. The van der Waals surface area contributed by atoms with Crippen LogP contribution in [0.2, 0.25) is 0 Å². The number of nitrogens with two attached hydrogens (primary N) is 1. The highest BCUT2D eigenvalue weighted by molar-refractivity contribution is 5.94. The number of allylic oxidation sites excluding steroid dienone is 1. The largest absolute Gasteiger partial charge is 0.476 e. The molecule has 0 bridgehead atoms. The molecule has 1 heterocycles. The molecule has 0 amide bonds. The molecule has 0 atom stereocenters. The van der Waals surface area contributed by atoms with E-state index in [1.807, 2.05) is 0 Å². The summed E-state index contributed by atoms with van der Waals surface area (Å²) in [4.78, 5) is 0. The van der Waals surface area contributed by atoms with Gasteiger partial charge in [-0.15, -0.1) is 5.10 Å². The Hall–Kier alpha value is -0.990. The smallest absolute Gasteiger partial charge is 0.233 e. The van der Waals surface area contributed by atoms with Gasteiger partial charge in [0.1, 0.15) is 0 Å². The van der Waals surface area contributed by atoms with Crippen molar-refractivity contribution in [1.82, 2.24) is 0 Å². The first-order valence-corrected chi connectivity index (χ1v) is 3.48. The van der Waals surface area contributed by atoms with Crippen LogP contribution in [-0.4, -0.2) is 12.5 Å². The summed E-state index contributed by atoms with van der Waals surface area (Å²) in [5.74, 6) is 5.69. The van der Waals surface area contributed by atoms with Gasteiger partial charge < -0.3 is 10.6 Å². The highest BCUT2D eigenvalue weighted by atomic mass is 16.5. The Labute approximate surface area is 60.6 Å². The Morgan fingerprint density at radius 2 is 2.60 bits per heavy atom. The lowest BCUT2D eigenvalue weighted by Gasteiger charge is -1.93. The molecule has 1 aliphatic heterocycles. The van der Waals surface area contributed by atoms with Crippen LogP contribution < -0.4 is 5.84 Å². The zero-order valence-corrected chi connectivity index (χ0v) is 6.13. The molecule has 3 heteroatoms. The van der Waals surface area contributed by atoms with Crippen LogP contribution in [0.25, 0.3) is 0 Å². The van der Waals surface area contributed by atoms with Crippen molar-refractivity contribution in [3.05, 3.63) is 11.6 Å². The van der Waals surface area contributed by atoms with Crippen molar-refractivity contribution in [2.24, 2.45) is 10.9 Å². The van der Waals surface area contributed by atoms with Crippen LogP contribution in [0.5, 0.6) is 0 Å². The molecule has 0 aromatic rings. The fourth-order valence-electron chi connectivity index (χ4n) is 1.01. The summed E-state index contributed by atoms with van der Waals surface area (Å²) in [5.41, 5.74) is 1.14. The SMILES string of the molecule is CC/C=C1/CCO/C1=N/N. The Kier molecular flexibility index (Phi) is 2.31. The van der Waals surface area contributed by atoms with Gasteiger partial charge in [-0.1, -0.05) is 13.0 Å². The van der Waals surface area contributed by atoms with Crippen LogP contribution in [0, 0.1) is 0 Å². The number of ether oxygens (including phenoxy) is 1. The molecule has 10 heavy (non-hydrogen) atoms. The average molecular weight is 140 g/mol. The number of hydrogen-bond acceptors (Lipinski definition) is 3.